The van der Waals surface area contributed by atoms with Gasteiger partial charge in [0.1, 0.15) is 0 Å². The summed E-state index contributed by atoms with van der Waals surface area (Å²) in [6.07, 6.45) is 0.482. The molecule has 0 radical (unpaired) electrons. The van der Waals surface area contributed by atoms with Crippen LogP contribution in [0.25, 0.3) is 0 Å². The molecule has 0 fully saturated rings. The van der Waals surface area contributed by atoms with Crippen LogP contribution in [0.1, 0.15) is 16.8 Å². The van der Waals surface area contributed by atoms with Crippen LogP contribution in [0.3, 0.4) is 0 Å². The minimum atomic E-state index is -0.200. The summed E-state index contributed by atoms with van der Waals surface area (Å²) >= 11 is 16.5. The highest BCUT2D eigenvalue weighted by atomic mass is 35.5. The van der Waals surface area contributed by atoms with Gasteiger partial charge in [0.2, 0.25) is 0 Å². The monoisotopic (exact) mass is 290 g/mol. The van der Waals surface area contributed by atoms with Gasteiger partial charge in [0.25, 0.3) is 5.91 Å². The Balaban J connectivity index is 2.81. The maximum Gasteiger partial charge on any atom is 0.255 e. The zero-order valence-corrected chi connectivity index (χ0v) is 11.6. The second-order valence-corrected chi connectivity index (χ2v) is 4.94. The molecular weight excluding hydrogens is 279 g/mol. The second kappa shape index (κ2) is 6.19. The number of halogens is 2. The summed E-state index contributed by atoms with van der Waals surface area (Å²) in [7, 11) is 1.66. The van der Waals surface area contributed by atoms with Crippen molar-refractivity contribution in [1.29, 1.82) is 0 Å². The Morgan fingerprint density at radius 3 is 2.71 bits per heavy atom. The van der Waals surface area contributed by atoms with Crippen molar-refractivity contribution >= 4 is 46.3 Å². The molecule has 0 atom stereocenters. The summed E-state index contributed by atoms with van der Waals surface area (Å²) in [5, 5.41) is 0.849. The molecule has 92 valence electrons. The topological polar surface area (TPSA) is 46.3 Å². The SMILES string of the molecule is CN(CCC(N)=S)C(=O)c1cc(Cl)ccc1Cl. The molecule has 2 N–H and O–H groups in total. The van der Waals surface area contributed by atoms with Crippen LogP contribution in [0.4, 0.5) is 0 Å². The smallest absolute Gasteiger partial charge is 0.255 e. The molecule has 0 unspecified atom stereocenters. The summed E-state index contributed by atoms with van der Waals surface area (Å²) in [5.74, 6) is -0.200. The molecule has 0 heterocycles. The summed E-state index contributed by atoms with van der Waals surface area (Å²) < 4.78 is 0. The molecule has 0 saturated carbocycles. The van der Waals surface area contributed by atoms with Gasteiger partial charge in [-0.3, -0.25) is 4.79 Å². The maximum atomic E-state index is 12.0. The van der Waals surface area contributed by atoms with Gasteiger partial charge in [-0.15, -0.1) is 0 Å². The fourth-order valence-corrected chi connectivity index (χ4v) is 1.71. The largest absolute Gasteiger partial charge is 0.393 e. The van der Waals surface area contributed by atoms with Gasteiger partial charge in [0.05, 0.1) is 15.6 Å². The molecule has 1 amide bonds. The predicted octanol–water partition coefficient (Wildman–Crippen LogP) is 2.74. The average Bonchev–Trinajstić information content (AvgIpc) is 2.28. The molecule has 0 bridgehead atoms. The van der Waals surface area contributed by atoms with Gasteiger partial charge in [-0.25, -0.2) is 0 Å². The highest BCUT2D eigenvalue weighted by Gasteiger charge is 2.15. The molecular formula is C11H12Cl2N2OS. The molecule has 0 aliphatic heterocycles. The number of hydrogen-bond acceptors (Lipinski definition) is 2. The van der Waals surface area contributed by atoms with E-state index in [4.69, 9.17) is 41.2 Å². The molecule has 0 aromatic heterocycles. The number of hydrogen-bond donors (Lipinski definition) is 1. The lowest BCUT2D eigenvalue weighted by molar-refractivity contribution is 0.0799. The van der Waals surface area contributed by atoms with E-state index in [1.54, 1.807) is 25.2 Å². The Morgan fingerprint density at radius 2 is 2.12 bits per heavy atom. The van der Waals surface area contributed by atoms with Gasteiger partial charge in [-0.05, 0) is 18.2 Å². The highest BCUT2D eigenvalue weighted by Crippen LogP contribution is 2.21. The Hall–Kier alpha value is -0.840. The highest BCUT2D eigenvalue weighted by molar-refractivity contribution is 7.80. The number of nitrogens with zero attached hydrogens (tertiary/aromatic N) is 1. The van der Waals surface area contributed by atoms with E-state index in [2.05, 4.69) is 0 Å². The zero-order chi connectivity index (χ0) is 13.0. The minimum Gasteiger partial charge on any atom is -0.393 e. The molecule has 1 aromatic rings. The Bertz CT molecular complexity index is 451. The van der Waals surface area contributed by atoms with E-state index in [1.807, 2.05) is 0 Å². The van der Waals surface area contributed by atoms with Crippen LogP contribution in [0.15, 0.2) is 18.2 Å². The van der Waals surface area contributed by atoms with E-state index in [1.165, 1.54) is 4.90 Å². The van der Waals surface area contributed by atoms with Crippen LogP contribution in [-0.2, 0) is 0 Å². The first kappa shape index (κ1) is 14.2. The third-order valence-corrected chi connectivity index (χ3v) is 2.97. The average molecular weight is 291 g/mol. The van der Waals surface area contributed by atoms with E-state index in [9.17, 15) is 4.79 Å². The molecule has 0 spiro atoms. The fraction of sp³-hybridized carbons (Fsp3) is 0.273. The summed E-state index contributed by atoms with van der Waals surface area (Å²) in [6, 6.07) is 4.78. The number of carbonyl (C=O) groups is 1. The van der Waals surface area contributed by atoms with Crippen molar-refractivity contribution in [3.8, 4) is 0 Å². The van der Waals surface area contributed by atoms with E-state index < -0.39 is 0 Å². The van der Waals surface area contributed by atoms with Crippen LogP contribution in [0.2, 0.25) is 10.0 Å². The van der Waals surface area contributed by atoms with Crippen molar-refractivity contribution in [2.24, 2.45) is 5.73 Å². The van der Waals surface area contributed by atoms with Crippen LogP contribution in [0.5, 0.6) is 0 Å². The van der Waals surface area contributed by atoms with Gasteiger partial charge in [0.15, 0.2) is 0 Å². The van der Waals surface area contributed by atoms with Crippen molar-refractivity contribution < 1.29 is 4.79 Å². The lowest BCUT2D eigenvalue weighted by Gasteiger charge is -2.17. The van der Waals surface area contributed by atoms with Crippen LogP contribution < -0.4 is 5.73 Å². The normalized spacial score (nSPS) is 10.1. The lowest BCUT2D eigenvalue weighted by Crippen LogP contribution is -2.30. The second-order valence-electron chi connectivity index (χ2n) is 3.57. The number of nitrogens with two attached hydrogens (primary N) is 1. The van der Waals surface area contributed by atoms with Crippen molar-refractivity contribution in [2.45, 2.75) is 6.42 Å². The Kier molecular flexibility index (Phi) is 5.18. The van der Waals surface area contributed by atoms with Gasteiger partial charge in [0, 0.05) is 25.0 Å². The van der Waals surface area contributed by atoms with E-state index in [0.29, 0.717) is 33.6 Å². The van der Waals surface area contributed by atoms with Crippen LogP contribution in [-0.4, -0.2) is 29.4 Å². The zero-order valence-electron chi connectivity index (χ0n) is 9.24. The fourth-order valence-electron chi connectivity index (χ4n) is 1.25. The molecule has 0 aliphatic rings. The molecule has 6 heteroatoms. The summed E-state index contributed by atoms with van der Waals surface area (Å²) in [4.78, 5) is 13.9. The van der Waals surface area contributed by atoms with E-state index in [0.717, 1.165) is 0 Å². The molecule has 0 aliphatic carbocycles. The van der Waals surface area contributed by atoms with Crippen molar-refractivity contribution in [3.63, 3.8) is 0 Å². The van der Waals surface area contributed by atoms with Crippen LogP contribution in [0, 0.1) is 0 Å². The first-order valence-electron chi connectivity index (χ1n) is 4.90. The van der Waals surface area contributed by atoms with Crippen molar-refractivity contribution in [3.05, 3.63) is 33.8 Å². The van der Waals surface area contributed by atoms with Crippen molar-refractivity contribution in [1.82, 2.24) is 4.90 Å². The number of amides is 1. The quantitative estimate of drug-likeness (QED) is 0.868. The van der Waals surface area contributed by atoms with Gasteiger partial charge in [-0.2, -0.15) is 0 Å². The third-order valence-electron chi connectivity index (χ3n) is 2.20. The first-order chi connectivity index (χ1) is 7.91. The van der Waals surface area contributed by atoms with Crippen molar-refractivity contribution in [2.75, 3.05) is 13.6 Å². The number of benzene rings is 1. The van der Waals surface area contributed by atoms with Gasteiger partial charge < -0.3 is 10.6 Å². The summed E-state index contributed by atoms with van der Waals surface area (Å²) in [6.45, 7) is 0.455. The van der Waals surface area contributed by atoms with Gasteiger partial charge in [-0.1, -0.05) is 35.4 Å². The van der Waals surface area contributed by atoms with Gasteiger partial charge >= 0.3 is 0 Å². The minimum absolute atomic E-state index is 0.200. The van der Waals surface area contributed by atoms with E-state index >= 15 is 0 Å². The first-order valence-corrected chi connectivity index (χ1v) is 6.07. The number of thiocarbonyl (C=S) groups is 1. The van der Waals surface area contributed by atoms with E-state index in [-0.39, 0.29) is 5.91 Å². The molecule has 1 aromatic carbocycles. The summed E-state index contributed by atoms with van der Waals surface area (Å²) in [5.41, 5.74) is 5.76. The number of carbonyl (C=O) groups excluding carboxylic acids is 1. The molecule has 3 nitrogen and oxygen atoms in total. The Labute approximate surface area is 115 Å². The number of rotatable bonds is 4. The Morgan fingerprint density at radius 1 is 1.47 bits per heavy atom. The third kappa shape index (κ3) is 4.15. The molecule has 17 heavy (non-hydrogen) atoms. The molecule has 0 saturated heterocycles. The predicted molar refractivity (Wildman–Crippen MR) is 74.8 cm³/mol. The lowest BCUT2D eigenvalue weighted by atomic mass is 10.2. The molecule has 1 rings (SSSR count). The van der Waals surface area contributed by atoms with Crippen LogP contribution >= 0.6 is 35.4 Å². The maximum absolute atomic E-state index is 12.0. The standard InChI is InChI=1S/C11H12Cl2N2OS/c1-15(5-4-10(14)17)11(16)8-6-7(12)2-3-9(8)13/h2-3,6H,4-5H2,1H3,(H2,14,17).